The quantitative estimate of drug-likeness (QED) is 0.0376. The minimum atomic E-state index is -0.769. The Morgan fingerprint density at radius 2 is 0.661 bits per heavy atom. The molecule has 0 fully saturated rings. The third kappa shape index (κ3) is 48.9. The Kier molecular flexibility index (Phi) is 49.3. The monoisotopic (exact) mass is 831 g/mol. The van der Waals surface area contributed by atoms with Crippen molar-refractivity contribution in [1.82, 2.24) is 0 Å². The molecule has 0 aliphatic heterocycles. The van der Waals surface area contributed by atoms with Gasteiger partial charge in [0.2, 0.25) is 0 Å². The van der Waals surface area contributed by atoms with Crippen LogP contribution in [0.25, 0.3) is 0 Å². The third-order valence-electron chi connectivity index (χ3n) is 11.9. The largest absolute Gasteiger partial charge is 0.462 e. The van der Waals surface area contributed by atoms with Gasteiger partial charge in [0, 0.05) is 12.8 Å². The number of allylic oxidation sites excluding steroid dienone is 4. The zero-order valence-corrected chi connectivity index (χ0v) is 39.8. The van der Waals surface area contributed by atoms with E-state index >= 15 is 0 Å². The van der Waals surface area contributed by atoms with Crippen molar-refractivity contribution in [2.24, 2.45) is 0 Å². The molecule has 0 aliphatic carbocycles. The summed E-state index contributed by atoms with van der Waals surface area (Å²) < 4.78 is 10.6. The highest BCUT2D eigenvalue weighted by Gasteiger charge is 2.16. The van der Waals surface area contributed by atoms with Crippen LogP contribution in [0.1, 0.15) is 290 Å². The second kappa shape index (κ2) is 50.7. The predicted molar refractivity (Wildman–Crippen MR) is 256 cm³/mol. The van der Waals surface area contributed by atoms with Crippen molar-refractivity contribution >= 4 is 11.9 Å². The zero-order chi connectivity index (χ0) is 42.8. The number of esters is 2. The van der Waals surface area contributed by atoms with Crippen LogP contribution >= 0.6 is 0 Å². The Hall–Kier alpha value is -1.62. The van der Waals surface area contributed by atoms with E-state index in [0.29, 0.717) is 12.8 Å². The Bertz CT molecular complexity index is 897. The van der Waals surface area contributed by atoms with Gasteiger partial charge in [-0.05, 0) is 57.8 Å². The Labute approximate surface area is 368 Å². The molecule has 0 aliphatic rings. The Morgan fingerprint density at radius 3 is 0.983 bits per heavy atom. The van der Waals surface area contributed by atoms with Crippen LogP contribution in [0.5, 0.6) is 0 Å². The van der Waals surface area contributed by atoms with Crippen molar-refractivity contribution in [1.29, 1.82) is 0 Å². The van der Waals surface area contributed by atoms with E-state index in [4.69, 9.17) is 9.47 Å². The summed E-state index contributed by atoms with van der Waals surface area (Å²) in [6.45, 7) is 4.09. The summed E-state index contributed by atoms with van der Waals surface area (Å²) in [5.41, 5.74) is 0. The van der Waals surface area contributed by atoms with Crippen molar-refractivity contribution in [3.63, 3.8) is 0 Å². The van der Waals surface area contributed by atoms with Crippen molar-refractivity contribution in [3.8, 4) is 0 Å². The van der Waals surface area contributed by atoms with E-state index in [1.165, 1.54) is 212 Å². The number of hydrogen-bond donors (Lipinski definition) is 1. The fourth-order valence-electron chi connectivity index (χ4n) is 7.97. The molecule has 0 amide bonds. The van der Waals surface area contributed by atoms with Gasteiger partial charge in [-0.15, -0.1) is 0 Å². The van der Waals surface area contributed by atoms with Gasteiger partial charge in [0.05, 0.1) is 6.61 Å². The van der Waals surface area contributed by atoms with E-state index in [9.17, 15) is 14.7 Å². The molecule has 0 aromatic carbocycles. The summed E-state index contributed by atoms with van der Waals surface area (Å²) in [7, 11) is 0. The van der Waals surface area contributed by atoms with Gasteiger partial charge in [-0.2, -0.15) is 0 Å². The Balaban J connectivity index is 3.35. The van der Waals surface area contributed by atoms with Crippen molar-refractivity contribution in [2.45, 2.75) is 296 Å². The molecule has 0 aromatic heterocycles. The van der Waals surface area contributed by atoms with Crippen molar-refractivity contribution < 1.29 is 24.2 Å². The molecular formula is C54H102O5. The SMILES string of the molecule is CCC/C=C\CCCCCCCC(=O)OCC(CO)OC(=O)CCCCCCCCCCCCCCCCCCCCCCCCC/C=C\CCCCCCCCCC. The summed E-state index contributed by atoms with van der Waals surface area (Å²) >= 11 is 0. The molecule has 1 N–H and O–H groups in total. The van der Waals surface area contributed by atoms with Crippen LogP contribution in [0.15, 0.2) is 24.3 Å². The maximum atomic E-state index is 12.2. The van der Waals surface area contributed by atoms with E-state index < -0.39 is 6.10 Å². The molecule has 0 spiro atoms. The lowest BCUT2D eigenvalue weighted by Crippen LogP contribution is -2.28. The first kappa shape index (κ1) is 57.4. The molecule has 0 radical (unpaired) electrons. The summed E-state index contributed by atoms with van der Waals surface area (Å²) in [6.07, 6.45) is 63.2. The van der Waals surface area contributed by atoms with Crippen molar-refractivity contribution in [3.05, 3.63) is 24.3 Å². The highest BCUT2D eigenvalue weighted by molar-refractivity contribution is 5.70. The lowest BCUT2D eigenvalue weighted by molar-refractivity contribution is -0.161. The molecule has 1 atom stereocenters. The molecule has 0 rings (SSSR count). The number of aliphatic hydroxyl groups is 1. The normalized spacial score (nSPS) is 12.3. The molecule has 0 saturated heterocycles. The highest BCUT2D eigenvalue weighted by Crippen LogP contribution is 2.17. The van der Waals surface area contributed by atoms with Gasteiger partial charge in [-0.3, -0.25) is 9.59 Å². The molecule has 5 heteroatoms. The van der Waals surface area contributed by atoms with Gasteiger partial charge in [0.15, 0.2) is 6.10 Å². The summed E-state index contributed by atoms with van der Waals surface area (Å²) in [4.78, 5) is 24.3. The number of rotatable bonds is 49. The second-order valence-corrected chi connectivity index (χ2v) is 17.9. The van der Waals surface area contributed by atoms with Crippen LogP contribution in [0, 0.1) is 0 Å². The molecule has 0 heterocycles. The van der Waals surface area contributed by atoms with Gasteiger partial charge in [-0.25, -0.2) is 0 Å². The fourth-order valence-corrected chi connectivity index (χ4v) is 7.97. The maximum Gasteiger partial charge on any atom is 0.306 e. The number of unbranched alkanes of at least 4 members (excludes halogenated alkanes) is 37. The summed E-state index contributed by atoms with van der Waals surface area (Å²) in [5, 5.41) is 9.58. The minimum absolute atomic E-state index is 0.0657. The molecule has 1 unspecified atom stereocenters. The number of carbonyl (C=O) groups is 2. The molecule has 0 bridgehead atoms. The molecule has 348 valence electrons. The van der Waals surface area contributed by atoms with E-state index in [0.717, 1.165) is 51.4 Å². The van der Waals surface area contributed by atoms with Gasteiger partial charge in [0.1, 0.15) is 6.61 Å². The lowest BCUT2D eigenvalue weighted by atomic mass is 10.0. The average molecular weight is 831 g/mol. The lowest BCUT2D eigenvalue weighted by Gasteiger charge is -2.15. The predicted octanol–water partition coefficient (Wildman–Crippen LogP) is 17.4. The molecular weight excluding hydrogens is 729 g/mol. The summed E-state index contributed by atoms with van der Waals surface area (Å²) in [5.74, 6) is -0.591. The van der Waals surface area contributed by atoms with E-state index in [1.54, 1.807) is 0 Å². The van der Waals surface area contributed by atoms with E-state index in [-0.39, 0.29) is 25.2 Å². The number of aliphatic hydroxyl groups excluding tert-OH is 1. The molecule has 5 nitrogen and oxygen atoms in total. The van der Waals surface area contributed by atoms with Crippen LogP contribution in [-0.4, -0.2) is 36.4 Å². The third-order valence-corrected chi connectivity index (χ3v) is 11.9. The highest BCUT2D eigenvalue weighted by atomic mass is 16.6. The van der Waals surface area contributed by atoms with Gasteiger partial charge in [0.25, 0.3) is 0 Å². The average Bonchev–Trinajstić information content (AvgIpc) is 3.24. The van der Waals surface area contributed by atoms with Crippen LogP contribution in [0.2, 0.25) is 0 Å². The number of ether oxygens (including phenoxy) is 2. The zero-order valence-electron chi connectivity index (χ0n) is 39.8. The van der Waals surface area contributed by atoms with E-state index in [1.807, 2.05) is 0 Å². The molecule has 59 heavy (non-hydrogen) atoms. The van der Waals surface area contributed by atoms with E-state index in [2.05, 4.69) is 38.2 Å². The van der Waals surface area contributed by atoms with Crippen LogP contribution in [0.3, 0.4) is 0 Å². The van der Waals surface area contributed by atoms with Crippen LogP contribution in [-0.2, 0) is 19.1 Å². The van der Waals surface area contributed by atoms with Gasteiger partial charge >= 0.3 is 11.9 Å². The van der Waals surface area contributed by atoms with Crippen LogP contribution in [0.4, 0.5) is 0 Å². The molecule has 0 saturated carbocycles. The first-order chi connectivity index (χ1) is 29.1. The molecule has 0 aromatic rings. The maximum absolute atomic E-state index is 12.2. The smallest absolute Gasteiger partial charge is 0.306 e. The van der Waals surface area contributed by atoms with Gasteiger partial charge < -0.3 is 14.6 Å². The Morgan fingerprint density at radius 1 is 0.373 bits per heavy atom. The topological polar surface area (TPSA) is 72.8 Å². The standard InChI is InChI=1S/C54H102O5/c1-3-5-7-9-11-13-15-16-17-18-19-20-21-22-23-24-25-26-27-28-29-30-31-32-33-34-35-36-37-38-39-41-43-45-47-49-54(57)59-52(50-55)51-58-53(56)48-46-44-42-40-14-12-10-8-6-4-2/h8,10,18-19,52,55H,3-7,9,11-17,20-51H2,1-2H3/b10-8-,19-18-. The fraction of sp³-hybridized carbons (Fsp3) is 0.889. The first-order valence-electron chi connectivity index (χ1n) is 26.4. The second-order valence-electron chi connectivity index (χ2n) is 17.9. The number of carbonyl (C=O) groups excluding carboxylic acids is 2. The van der Waals surface area contributed by atoms with Gasteiger partial charge in [-0.1, -0.05) is 244 Å². The summed E-state index contributed by atoms with van der Waals surface area (Å²) in [6, 6.07) is 0. The minimum Gasteiger partial charge on any atom is -0.462 e. The van der Waals surface area contributed by atoms with Crippen LogP contribution < -0.4 is 0 Å². The first-order valence-corrected chi connectivity index (χ1v) is 26.4. The van der Waals surface area contributed by atoms with Crippen molar-refractivity contribution in [2.75, 3.05) is 13.2 Å². The number of hydrogen-bond acceptors (Lipinski definition) is 5.